The number of rotatable bonds is 5. The molecule has 0 atom stereocenters. The van der Waals surface area contributed by atoms with E-state index in [4.69, 9.17) is 0 Å². The maximum atomic E-state index is 11.9. The quantitative estimate of drug-likeness (QED) is 0.442. The molecule has 0 saturated carbocycles. The number of amides is 2. The van der Waals surface area contributed by atoms with Crippen LogP contribution in [0.1, 0.15) is 23.8 Å². The standard InChI is InChI=1S/C16H15IN4O2/c1-11(20-21-16(23)14-4-2-3-9-18-14)10-15(22)19-13-7-5-12(17)6-8-13/h2-9H,10H2,1H3,(H,19,22)(H,21,23). The van der Waals surface area contributed by atoms with Gasteiger partial charge in [-0.25, -0.2) is 5.43 Å². The van der Waals surface area contributed by atoms with Gasteiger partial charge in [-0.2, -0.15) is 5.10 Å². The molecule has 1 aromatic heterocycles. The van der Waals surface area contributed by atoms with Crippen LogP contribution in [0.3, 0.4) is 0 Å². The molecule has 0 aliphatic rings. The van der Waals surface area contributed by atoms with Crippen molar-refractivity contribution in [1.82, 2.24) is 10.4 Å². The lowest BCUT2D eigenvalue weighted by molar-refractivity contribution is -0.115. The molecule has 1 heterocycles. The fourth-order valence-corrected chi connectivity index (χ4v) is 2.07. The van der Waals surface area contributed by atoms with E-state index in [9.17, 15) is 9.59 Å². The SMILES string of the molecule is CC(CC(=O)Nc1ccc(I)cc1)=NNC(=O)c1ccccn1. The largest absolute Gasteiger partial charge is 0.326 e. The predicted molar refractivity (Wildman–Crippen MR) is 97.2 cm³/mol. The van der Waals surface area contributed by atoms with Crippen molar-refractivity contribution in [3.8, 4) is 0 Å². The Kier molecular flexibility index (Phi) is 6.21. The Labute approximate surface area is 147 Å². The van der Waals surface area contributed by atoms with Gasteiger partial charge in [-0.05, 0) is 65.9 Å². The normalized spacial score (nSPS) is 11.0. The lowest BCUT2D eigenvalue weighted by Crippen LogP contribution is -2.22. The smallest absolute Gasteiger partial charge is 0.289 e. The van der Waals surface area contributed by atoms with E-state index in [-0.39, 0.29) is 18.0 Å². The number of carbonyl (C=O) groups is 2. The van der Waals surface area contributed by atoms with Crippen molar-refractivity contribution < 1.29 is 9.59 Å². The van der Waals surface area contributed by atoms with Crippen molar-refractivity contribution in [1.29, 1.82) is 0 Å². The van der Waals surface area contributed by atoms with Gasteiger partial charge in [0.25, 0.3) is 5.91 Å². The first-order valence-electron chi connectivity index (χ1n) is 6.84. The number of hydrazone groups is 1. The van der Waals surface area contributed by atoms with Gasteiger partial charge >= 0.3 is 0 Å². The molecular weight excluding hydrogens is 407 g/mol. The van der Waals surface area contributed by atoms with Gasteiger partial charge < -0.3 is 5.32 Å². The summed E-state index contributed by atoms with van der Waals surface area (Å²) in [6.45, 7) is 1.67. The van der Waals surface area contributed by atoms with Crippen LogP contribution in [0.5, 0.6) is 0 Å². The third kappa shape index (κ3) is 5.78. The van der Waals surface area contributed by atoms with E-state index in [0.29, 0.717) is 5.71 Å². The summed E-state index contributed by atoms with van der Waals surface area (Å²) >= 11 is 2.19. The summed E-state index contributed by atoms with van der Waals surface area (Å²) in [6, 6.07) is 12.5. The zero-order chi connectivity index (χ0) is 16.7. The number of anilines is 1. The molecule has 2 aromatic rings. The van der Waals surface area contributed by atoms with E-state index in [2.05, 4.69) is 43.4 Å². The van der Waals surface area contributed by atoms with Gasteiger partial charge in [0.2, 0.25) is 5.91 Å². The average Bonchev–Trinajstić information content (AvgIpc) is 2.55. The molecule has 0 aliphatic carbocycles. The van der Waals surface area contributed by atoms with Gasteiger partial charge in [0.1, 0.15) is 5.69 Å². The Morgan fingerprint density at radius 3 is 2.57 bits per heavy atom. The highest BCUT2D eigenvalue weighted by atomic mass is 127. The summed E-state index contributed by atoms with van der Waals surface area (Å²) in [5.74, 6) is -0.609. The second-order valence-corrected chi connectivity index (χ2v) is 5.98. The number of pyridine rings is 1. The molecule has 6 nitrogen and oxygen atoms in total. The van der Waals surface area contributed by atoms with E-state index in [1.807, 2.05) is 24.3 Å². The summed E-state index contributed by atoms with van der Waals surface area (Å²) in [5, 5.41) is 6.68. The lowest BCUT2D eigenvalue weighted by Gasteiger charge is -2.05. The van der Waals surface area contributed by atoms with Gasteiger partial charge in [0.05, 0.1) is 6.42 Å². The molecule has 2 amide bonds. The van der Waals surface area contributed by atoms with Crippen LogP contribution in [-0.2, 0) is 4.79 Å². The van der Waals surface area contributed by atoms with Crippen LogP contribution in [0.2, 0.25) is 0 Å². The first-order valence-corrected chi connectivity index (χ1v) is 7.92. The minimum atomic E-state index is -0.414. The minimum Gasteiger partial charge on any atom is -0.326 e. The molecule has 0 fully saturated rings. The third-order valence-electron chi connectivity index (χ3n) is 2.79. The van der Waals surface area contributed by atoms with Crippen LogP contribution in [-0.4, -0.2) is 22.5 Å². The number of nitrogens with one attached hydrogen (secondary N) is 2. The van der Waals surface area contributed by atoms with E-state index in [1.54, 1.807) is 25.1 Å². The number of carbonyl (C=O) groups excluding carboxylic acids is 2. The molecule has 2 N–H and O–H groups in total. The van der Waals surface area contributed by atoms with E-state index >= 15 is 0 Å². The summed E-state index contributed by atoms with van der Waals surface area (Å²) in [4.78, 5) is 27.6. The van der Waals surface area contributed by atoms with Crippen molar-refractivity contribution in [2.45, 2.75) is 13.3 Å². The predicted octanol–water partition coefficient (Wildman–Crippen LogP) is 2.82. The average molecular weight is 422 g/mol. The number of nitrogens with zero attached hydrogens (tertiary/aromatic N) is 2. The minimum absolute atomic E-state index is 0.0918. The van der Waals surface area contributed by atoms with Gasteiger partial charge in [-0.15, -0.1) is 0 Å². The van der Waals surface area contributed by atoms with Crippen molar-refractivity contribution >= 4 is 45.8 Å². The van der Waals surface area contributed by atoms with E-state index in [1.165, 1.54) is 6.20 Å². The second kappa shape index (κ2) is 8.37. The Hall–Kier alpha value is -2.29. The van der Waals surface area contributed by atoms with Crippen molar-refractivity contribution in [2.75, 3.05) is 5.32 Å². The van der Waals surface area contributed by atoms with E-state index in [0.717, 1.165) is 9.26 Å². The molecule has 0 spiro atoms. The molecule has 0 unspecified atom stereocenters. The van der Waals surface area contributed by atoms with Gasteiger partial charge in [-0.1, -0.05) is 6.07 Å². The number of benzene rings is 1. The second-order valence-electron chi connectivity index (χ2n) is 4.73. The molecule has 0 aliphatic heterocycles. The Bertz CT molecular complexity index is 715. The maximum absolute atomic E-state index is 11.9. The fourth-order valence-electron chi connectivity index (χ4n) is 1.71. The third-order valence-corrected chi connectivity index (χ3v) is 3.51. The number of hydrogen-bond acceptors (Lipinski definition) is 4. The van der Waals surface area contributed by atoms with Crippen molar-refractivity contribution in [3.63, 3.8) is 0 Å². The first-order chi connectivity index (χ1) is 11.0. The van der Waals surface area contributed by atoms with Crippen LogP contribution in [0, 0.1) is 3.57 Å². The van der Waals surface area contributed by atoms with Crippen LogP contribution < -0.4 is 10.7 Å². The molecule has 0 radical (unpaired) electrons. The van der Waals surface area contributed by atoms with Crippen molar-refractivity contribution in [3.05, 3.63) is 57.9 Å². The van der Waals surface area contributed by atoms with Crippen LogP contribution >= 0.6 is 22.6 Å². The van der Waals surface area contributed by atoms with Gasteiger partial charge in [-0.3, -0.25) is 14.6 Å². The van der Waals surface area contributed by atoms with Gasteiger partial charge in [0.15, 0.2) is 0 Å². The summed E-state index contributed by atoms with van der Waals surface area (Å²) in [5.41, 5.74) is 3.87. The Morgan fingerprint density at radius 2 is 1.91 bits per heavy atom. The summed E-state index contributed by atoms with van der Waals surface area (Å²) < 4.78 is 1.09. The highest BCUT2D eigenvalue weighted by Crippen LogP contribution is 2.11. The summed E-state index contributed by atoms with van der Waals surface area (Å²) in [7, 11) is 0. The fraction of sp³-hybridized carbons (Fsp3) is 0.125. The Balaban J connectivity index is 1.85. The van der Waals surface area contributed by atoms with Crippen LogP contribution in [0.25, 0.3) is 0 Å². The summed E-state index contributed by atoms with van der Waals surface area (Å²) in [6.07, 6.45) is 1.62. The van der Waals surface area contributed by atoms with Crippen molar-refractivity contribution in [2.24, 2.45) is 5.10 Å². The molecule has 118 valence electrons. The highest BCUT2D eigenvalue weighted by molar-refractivity contribution is 14.1. The molecule has 1 aromatic carbocycles. The number of halogens is 1. The maximum Gasteiger partial charge on any atom is 0.289 e. The zero-order valence-electron chi connectivity index (χ0n) is 12.4. The molecule has 0 bridgehead atoms. The lowest BCUT2D eigenvalue weighted by atomic mass is 10.2. The Morgan fingerprint density at radius 1 is 1.17 bits per heavy atom. The molecular formula is C16H15IN4O2. The molecule has 2 rings (SSSR count). The number of aromatic nitrogens is 1. The molecule has 7 heteroatoms. The van der Waals surface area contributed by atoms with E-state index < -0.39 is 5.91 Å². The molecule has 23 heavy (non-hydrogen) atoms. The first kappa shape index (κ1) is 17.1. The monoisotopic (exact) mass is 422 g/mol. The topological polar surface area (TPSA) is 83.5 Å². The zero-order valence-corrected chi connectivity index (χ0v) is 14.6. The van der Waals surface area contributed by atoms with Crippen LogP contribution in [0.4, 0.5) is 5.69 Å². The van der Waals surface area contributed by atoms with Gasteiger partial charge in [0, 0.05) is 21.2 Å². The number of hydrogen-bond donors (Lipinski definition) is 2. The van der Waals surface area contributed by atoms with Crippen LogP contribution in [0.15, 0.2) is 53.8 Å². The molecule has 0 saturated heterocycles. The highest BCUT2D eigenvalue weighted by Gasteiger charge is 2.07.